The first-order valence-corrected chi connectivity index (χ1v) is 7.73. The summed E-state index contributed by atoms with van der Waals surface area (Å²) in [5.41, 5.74) is 2.21. The third-order valence-corrected chi connectivity index (χ3v) is 3.58. The van der Waals surface area contributed by atoms with E-state index in [1.807, 2.05) is 43.3 Å². The maximum absolute atomic E-state index is 11.9. The maximum Gasteiger partial charge on any atom is 0.315 e. The van der Waals surface area contributed by atoms with Crippen LogP contribution in [0, 0.1) is 0 Å². The second-order valence-electron chi connectivity index (χ2n) is 5.48. The van der Waals surface area contributed by atoms with Gasteiger partial charge in [0.2, 0.25) is 0 Å². The third kappa shape index (κ3) is 5.98. The predicted molar refractivity (Wildman–Crippen MR) is 90.4 cm³/mol. The number of benzene rings is 1. The summed E-state index contributed by atoms with van der Waals surface area (Å²) in [7, 11) is 1.66. The van der Waals surface area contributed by atoms with E-state index in [0.29, 0.717) is 6.54 Å². The van der Waals surface area contributed by atoms with E-state index in [1.54, 1.807) is 19.5 Å². The topological polar surface area (TPSA) is 63.2 Å². The zero-order valence-corrected chi connectivity index (χ0v) is 13.6. The van der Waals surface area contributed by atoms with Crippen LogP contribution in [-0.2, 0) is 13.0 Å². The molecule has 0 spiro atoms. The summed E-state index contributed by atoms with van der Waals surface area (Å²) >= 11 is 0. The summed E-state index contributed by atoms with van der Waals surface area (Å²) in [5.74, 6) is 0.856. The number of ether oxygens (including phenoxy) is 1. The summed E-state index contributed by atoms with van der Waals surface area (Å²) in [4.78, 5) is 15.9. The fourth-order valence-electron chi connectivity index (χ4n) is 2.21. The van der Waals surface area contributed by atoms with Crippen molar-refractivity contribution in [2.24, 2.45) is 0 Å². The molecule has 0 aliphatic carbocycles. The van der Waals surface area contributed by atoms with E-state index in [-0.39, 0.29) is 12.1 Å². The predicted octanol–water partition coefficient (Wildman–Crippen LogP) is 2.91. The van der Waals surface area contributed by atoms with Gasteiger partial charge in [-0.05, 0) is 49.1 Å². The lowest BCUT2D eigenvalue weighted by Gasteiger charge is -2.15. The second kappa shape index (κ2) is 8.78. The van der Waals surface area contributed by atoms with Crippen LogP contribution in [0.1, 0.15) is 24.5 Å². The molecule has 0 aliphatic heterocycles. The number of aryl methyl sites for hydroxylation is 1. The van der Waals surface area contributed by atoms with Gasteiger partial charge in [0.15, 0.2) is 0 Å². The lowest BCUT2D eigenvalue weighted by molar-refractivity contribution is 0.237. The molecule has 0 fully saturated rings. The van der Waals surface area contributed by atoms with Crippen LogP contribution in [0.4, 0.5) is 4.79 Å². The van der Waals surface area contributed by atoms with Gasteiger partial charge in [0, 0.05) is 25.0 Å². The molecule has 0 saturated carbocycles. The number of pyridine rings is 1. The Hall–Kier alpha value is -2.56. The largest absolute Gasteiger partial charge is 0.497 e. The number of rotatable bonds is 7. The second-order valence-corrected chi connectivity index (χ2v) is 5.48. The molecule has 1 aromatic carbocycles. The summed E-state index contributed by atoms with van der Waals surface area (Å²) < 4.78 is 5.14. The Morgan fingerprint density at radius 1 is 1.22 bits per heavy atom. The van der Waals surface area contributed by atoms with Crippen LogP contribution in [0.3, 0.4) is 0 Å². The van der Waals surface area contributed by atoms with Gasteiger partial charge in [-0.2, -0.15) is 0 Å². The van der Waals surface area contributed by atoms with Crippen LogP contribution in [0.2, 0.25) is 0 Å². The van der Waals surface area contributed by atoms with E-state index < -0.39 is 0 Å². The lowest BCUT2D eigenvalue weighted by Crippen LogP contribution is -2.40. The van der Waals surface area contributed by atoms with Crippen molar-refractivity contribution in [2.45, 2.75) is 32.4 Å². The molecule has 5 nitrogen and oxygen atoms in total. The van der Waals surface area contributed by atoms with Gasteiger partial charge in [-0.25, -0.2) is 4.79 Å². The highest BCUT2D eigenvalue weighted by molar-refractivity contribution is 5.74. The van der Waals surface area contributed by atoms with E-state index in [9.17, 15) is 4.79 Å². The molecule has 23 heavy (non-hydrogen) atoms. The van der Waals surface area contributed by atoms with Crippen molar-refractivity contribution in [3.05, 3.63) is 59.9 Å². The van der Waals surface area contributed by atoms with Crippen molar-refractivity contribution < 1.29 is 9.53 Å². The number of carbonyl (C=O) groups is 1. The number of hydrogen-bond donors (Lipinski definition) is 2. The van der Waals surface area contributed by atoms with Gasteiger partial charge < -0.3 is 15.4 Å². The Kier molecular flexibility index (Phi) is 6.41. The quantitative estimate of drug-likeness (QED) is 0.826. The molecule has 5 heteroatoms. The minimum Gasteiger partial charge on any atom is -0.497 e. The molecule has 1 heterocycles. The molecule has 0 bridgehead atoms. The highest BCUT2D eigenvalue weighted by Crippen LogP contribution is 2.13. The molecule has 0 aliphatic rings. The number of aromatic nitrogens is 1. The molecule has 0 saturated heterocycles. The van der Waals surface area contributed by atoms with Gasteiger partial charge in [0.1, 0.15) is 5.75 Å². The van der Waals surface area contributed by atoms with Gasteiger partial charge in [0.25, 0.3) is 0 Å². The maximum atomic E-state index is 11.9. The number of urea groups is 1. The Morgan fingerprint density at radius 3 is 2.65 bits per heavy atom. The highest BCUT2D eigenvalue weighted by Gasteiger charge is 2.07. The van der Waals surface area contributed by atoms with Crippen LogP contribution in [0.5, 0.6) is 5.75 Å². The summed E-state index contributed by atoms with van der Waals surface area (Å²) in [6.45, 7) is 2.48. The summed E-state index contributed by atoms with van der Waals surface area (Å²) in [5, 5.41) is 5.78. The number of carbonyl (C=O) groups excluding carboxylic acids is 1. The average molecular weight is 313 g/mol. The van der Waals surface area contributed by atoms with Crippen molar-refractivity contribution in [2.75, 3.05) is 7.11 Å². The average Bonchev–Trinajstić information content (AvgIpc) is 2.59. The van der Waals surface area contributed by atoms with E-state index in [0.717, 1.165) is 24.2 Å². The minimum absolute atomic E-state index is 0.103. The number of hydrogen-bond acceptors (Lipinski definition) is 3. The van der Waals surface area contributed by atoms with Crippen molar-refractivity contribution in [3.8, 4) is 5.75 Å². The van der Waals surface area contributed by atoms with Crippen LogP contribution < -0.4 is 15.4 Å². The Bertz CT molecular complexity index is 599. The molecule has 0 radical (unpaired) electrons. The molecular weight excluding hydrogens is 290 g/mol. The van der Waals surface area contributed by atoms with Gasteiger partial charge in [-0.3, -0.25) is 4.98 Å². The molecule has 2 rings (SSSR count). The lowest BCUT2D eigenvalue weighted by atomic mass is 10.1. The summed E-state index contributed by atoms with van der Waals surface area (Å²) in [6.07, 6.45) is 5.25. The van der Waals surface area contributed by atoms with E-state index in [2.05, 4.69) is 15.6 Å². The molecule has 1 atom stereocenters. The molecule has 0 unspecified atom stereocenters. The molecule has 2 aromatic rings. The van der Waals surface area contributed by atoms with Gasteiger partial charge in [0.05, 0.1) is 7.11 Å². The zero-order chi connectivity index (χ0) is 16.5. The Morgan fingerprint density at radius 2 is 2.00 bits per heavy atom. The molecule has 2 amide bonds. The van der Waals surface area contributed by atoms with Crippen LogP contribution in [0.25, 0.3) is 0 Å². The van der Waals surface area contributed by atoms with Crippen LogP contribution >= 0.6 is 0 Å². The van der Waals surface area contributed by atoms with E-state index in [1.165, 1.54) is 5.56 Å². The van der Waals surface area contributed by atoms with Gasteiger partial charge in [-0.1, -0.05) is 18.2 Å². The number of nitrogens with one attached hydrogen (secondary N) is 2. The SMILES string of the molecule is COc1ccc(CC[C@H](C)NC(=O)NCc2cccnc2)cc1. The summed E-state index contributed by atoms with van der Waals surface area (Å²) in [6, 6.07) is 11.7. The number of methoxy groups -OCH3 is 1. The first-order chi connectivity index (χ1) is 11.2. The van der Waals surface area contributed by atoms with E-state index in [4.69, 9.17) is 4.74 Å². The molecule has 1 aromatic heterocycles. The van der Waals surface area contributed by atoms with Crippen molar-refractivity contribution >= 4 is 6.03 Å². The van der Waals surface area contributed by atoms with E-state index >= 15 is 0 Å². The molecule has 2 N–H and O–H groups in total. The normalized spacial score (nSPS) is 11.6. The van der Waals surface area contributed by atoms with Gasteiger partial charge >= 0.3 is 6.03 Å². The Balaban J connectivity index is 1.69. The van der Waals surface area contributed by atoms with Crippen LogP contribution in [-0.4, -0.2) is 24.2 Å². The zero-order valence-electron chi connectivity index (χ0n) is 13.6. The first-order valence-electron chi connectivity index (χ1n) is 7.73. The van der Waals surface area contributed by atoms with Gasteiger partial charge in [-0.15, -0.1) is 0 Å². The monoisotopic (exact) mass is 313 g/mol. The van der Waals surface area contributed by atoms with Crippen molar-refractivity contribution in [1.82, 2.24) is 15.6 Å². The number of nitrogens with zero attached hydrogens (tertiary/aromatic N) is 1. The standard InChI is InChI=1S/C18H23N3O2/c1-14(5-6-15-7-9-17(23-2)10-8-15)21-18(22)20-13-16-4-3-11-19-12-16/h3-4,7-12,14H,5-6,13H2,1-2H3,(H2,20,21,22)/t14-/m0/s1. The van der Waals surface area contributed by atoms with Crippen molar-refractivity contribution in [3.63, 3.8) is 0 Å². The molecule has 122 valence electrons. The van der Waals surface area contributed by atoms with Crippen LogP contribution in [0.15, 0.2) is 48.8 Å². The third-order valence-electron chi connectivity index (χ3n) is 3.58. The Labute approximate surface area is 137 Å². The van der Waals surface area contributed by atoms with Crippen molar-refractivity contribution in [1.29, 1.82) is 0 Å². The minimum atomic E-state index is -0.156. The fourth-order valence-corrected chi connectivity index (χ4v) is 2.21. The smallest absolute Gasteiger partial charge is 0.315 e. The highest BCUT2D eigenvalue weighted by atomic mass is 16.5. The fraction of sp³-hybridized carbons (Fsp3) is 0.333. The first kappa shape index (κ1) is 16.8. The molecular formula is C18H23N3O2. The number of amides is 2.